The molecule has 1 N–H and O–H groups in total. The van der Waals surface area contributed by atoms with Gasteiger partial charge in [0, 0.05) is 28.1 Å². The number of hydrogen-bond donors (Lipinski definition) is 1. The molecule has 0 atom stereocenters. The molecule has 0 saturated heterocycles. The van der Waals surface area contributed by atoms with Gasteiger partial charge in [0.1, 0.15) is 13.0 Å². The molecule has 0 amide bonds. The van der Waals surface area contributed by atoms with E-state index in [4.69, 9.17) is 4.74 Å². The van der Waals surface area contributed by atoms with Crippen LogP contribution in [0, 0.1) is 0 Å². The smallest absolute Gasteiger partial charge is 0.309 e. The molecule has 0 aromatic heterocycles. The van der Waals surface area contributed by atoms with E-state index in [2.05, 4.69) is 146 Å². The monoisotopic (exact) mass is 649 g/mol. The second-order valence-electron chi connectivity index (χ2n) is 13.8. The van der Waals surface area contributed by atoms with E-state index in [1.807, 2.05) is 6.08 Å². The van der Waals surface area contributed by atoms with Crippen molar-refractivity contribution in [3.63, 3.8) is 0 Å². The Balaban J connectivity index is 1.29. The summed E-state index contributed by atoms with van der Waals surface area (Å²) in [5.41, 5.74) is 6.26. The number of carbonyl (C=O) groups excluding carboxylic acids is 1. The van der Waals surface area contributed by atoms with Crippen molar-refractivity contribution in [1.82, 2.24) is 0 Å². The summed E-state index contributed by atoms with van der Waals surface area (Å²) in [6.07, 6.45) is 10.5. The number of carbonyl (C=O) groups is 2. The molecule has 0 saturated carbocycles. The van der Waals surface area contributed by atoms with Crippen molar-refractivity contribution in [2.24, 2.45) is 0 Å². The molecular weight excluding hydrogens is 608 g/mol. The molecule has 0 spiro atoms. The van der Waals surface area contributed by atoms with Crippen LogP contribution in [0.4, 0.5) is 11.4 Å². The number of allylic oxidation sites excluding steroid dienone is 6. The van der Waals surface area contributed by atoms with Crippen molar-refractivity contribution < 1.29 is 24.0 Å². The van der Waals surface area contributed by atoms with E-state index in [1.54, 1.807) is 0 Å². The fraction of sp³-hybridized carbons (Fsp3) is 0.233. The Morgan fingerprint density at radius 3 is 2.16 bits per heavy atom. The third-order valence-electron chi connectivity index (χ3n) is 10.3. The maximum atomic E-state index is 11.9. The zero-order chi connectivity index (χ0) is 34.3. The second-order valence-corrected chi connectivity index (χ2v) is 13.8. The number of anilines is 1. The Morgan fingerprint density at radius 1 is 0.796 bits per heavy atom. The number of hydrogen-bond acceptors (Lipinski definition) is 4. The predicted molar refractivity (Wildman–Crippen MR) is 199 cm³/mol. The number of aliphatic carboxylic acids is 1. The number of nitrogens with zero attached hydrogens (tertiary/aromatic N) is 2. The van der Waals surface area contributed by atoms with Gasteiger partial charge in [0.25, 0.3) is 6.47 Å². The number of ether oxygens (including phenoxy) is 1. The van der Waals surface area contributed by atoms with Crippen LogP contribution >= 0.6 is 0 Å². The number of fused-ring (bicyclic) bond motifs is 9. The van der Waals surface area contributed by atoms with E-state index in [1.165, 1.54) is 38.1 Å². The van der Waals surface area contributed by atoms with Crippen LogP contribution in [-0.4, -0.2) is 47.5 Å². The van der Waals surface area contributed by atoms with Crippen molar-refractivity contribution in [2.75, 3.05) is 24.6 Å². The highest BCUT2D eigenvalue weighted by Crippen LogP contribution is 2.51. The minimum Gasteiger partial charge on any atom is -0.481 e. The van der Waals surface area contributed by atoms with E-state index >= 15 is 0 Å². The van der Waals surface area contributed by atoms with Gasteiger partial charge in [-0.05, 0) is 53.1 Å². The fourth-order valence-electron chi connectivity index (χ4n) is 8.09. The Morgan fingerprint density at radius 2 is 1.45 bits per heavy atom. The zero-order valence-corrected chi connectivity index (χ0v) is 28.4. The first-order chi connectivity index (χ1) is 23.7. The van der Waals surface area contributed by atoms with E-state index < -0.39 is 5.97 Å². The van der Waals surface area contributed by atoms with E-state index in [9.17, 15) is 14.7 Å². The van der Waals surface area contributed by atoms with Gasteiger partial charge in [0.15, 0.2) is 12.3 Å². The fourth-order valence-corrected chi connectivity index (χ4v) is 8.09. The second kappa shape index (κ2) is 12.5. The van der Waals surface area contributed by atoms with Crippen LogP contribution in [0.1, 0.15) is 45.2 Å². The number of benzene rings is 5. The highest BCUT2D eigenvalue weighted by molar-refractivity contribution is 6.19. The number of rotatable bonds is 10. The Hall–Kier alpha value is -5.49. The molecule has 2 aliphatic rings. The summed E-state index contributed by atoms with van der Waals surface area (Å²) in [5.74, 6) is -0.817. The molecule has 246 valence electrons. The van der Waals surface area contributed by atoms with Gasteiger partial charge >= 0.3 is 5.97 Å². The maximum Gasteiger partial charge on any atom is 0.309 e. The van der Waals surface area contributed by atoms with Crippen molar-refractivity contribution >= 4 is 61.8 Å². The van der Waals surface area contributed by atoms with Crippen LogP contribution in [0.3, 0.4) is 0 Å². The third-order valence-corrected chi connectivity index (χ3v) is 10.3. The normalized spacial score (nSPS) is 17.2. The van der Waals surface area contributed by atoms with Crippen molar-refractivity contribution in [3.8, 4) is 0 Å². The molecule has 2 heterocycles. The van der Waals surface area contributed by atoms with E-state index in [-0.39, 0.29) is 23.9 Å². The van der Waals surface area contributed by atoms with Gasteiger partial charge in [-0.2, -0.15) is 4.58 Å². The van der Waals surface area contributed by atoms with Crippen molar-refractivity contribution in [3.05, 3.63) is 132 Å². The molecule has 49 heavy (non-hydrogen) atoms. The average Bonchev–Trinajstić information content (AvgIpc) is 3.46. The Labute approximate surface area is 286 Å². The molecule has 6 nitrogen and oxygen atoms in total. The lowest BCUT2D eigenvalue weighted by Crippen LogP contribution is -2.29. The lowest BCUT2D eigenvalue weighted by molar-refractivity contribution is -0.435. The van der Waals surface area contributed by atoms with E-state index in [0.717, 1.165) is 28.2 Å². The molecule has 0 bridgehead atoms. The van der Waals surface area contributed by atoms with Crippen LogP contribution < -0.4 is 4.90 Å². The van der Waals surface area contributed by atoms with Gasteiger partial charge < -0.3 is 14.7 Å². The molecule has 0 unspecified atom stereocenters. The summed E-state index contributed by atoms with van der Waals surface area (Å²) < 4.78 is 7.38. The summed E-state index contributed by atoms with van der Waals surface area (Å²) in [7, 11) is 0. The molecule has 0 fully saturated rings. The van der Waals surface area contributed by atoms with Crippen LogP contribution in [0.5, 0.6) is 0 Å². The molecule has 0 aliphatic carbocycles. The topological polar surface area (TPSA) is 69.8 Å². The standard InChI is InChI=1S/C43H40N2O4/c1-42(2)35-23-22-29-14-8-9-15-30(29)40(35)45(26-27-49-28-46)36(42)20-6-5-7-21-37-43(3,4)39-33-18-12-10-16-31(33)32-17-11-13-19-34(32)41(39)44(37)25-24-38(47)48/h5-23,28H,24-27H2,1-4H3/p+1. The van der Waals surface area contributed by atoms with Gasteiger partial charge in [-0.3, -0.25) is 9.59 Å². The summed E-state index contributed by atoms with van der Waals surface area (Å²) in [6, 6.07) is 29.8. The molecule has 5 aromatic rings. The highest BCUT2D eigenvalue weighted by atomic mass is 16.5. The molecular formula is C43H41N2O4+. The van der Waals surface area contributed by atoms with Gasteiger partial charge in [-0.1, -0.05) is 111 Å². The Bertz CT molecular complexity index is 2270. The van der Waals surface area contributed by atoms with Gasteiger partial charge in [0.2, 0.25) is 5.69 Å². The number of carboxylic acids is 1. The van der Waals surface area contributed by atoms with Crippen LogP contribution in [-0.2, 0) is 25.2 Å². The zero-order valence-electron chi connectivity index (χ0n) is 28.4. The minimum absolute atomic E-state index is 0.0317. The first kappa shape index (κ1) is 32.1. The summed E-state index contributed by atoms with van der Waals surface area (Å²) in [6.45, 7) is 10.7. The average molecular weight is 650 g/mol. The molecule has 6 heteroatoms. The molecule has 2 aliphatic heterocycles. The van der Waals surface area contributed by atoms with Crippen molar-refractivity contribution in [2.45, 2.75) is 44.9 Å². The summed E-state index contributed by atoms with van der Waals surface area (Å²) in [5, 5.41) is 16.8. The highest BCUT2D eigenvalue weighted by Gasteiger charge is 2.47. The quantitative estimate of drug-likeness (QED) is 0.0538. The van der Waals surface area contributed by atoms with Crippen LogP contribution in [0.2, 0.25) is 0 Å². The largest absolute Gasteiger partial charge is 0.481 e. The summed E-state index contributed by atoms with van der Waals surface area (Å²) >= 11 is 0. The van der Waals surface area contributed by atoms with Crippen molar-refractivity contribution in [1.29, 1.82) is 0 Å². The Kier molecular flexibility index (Phi) is 8.19. The maximum absolute atomic E-state index is 11.9. The lowest BCUT2D eigenvalue weighted by atomic mass is 9.78. The minimum atomic E-state index is -0.817. The number of carboxylic acid groups (broad SMARTS) is 1. The first-order valence-electron chi connectivity index (χ1n) is 16.9. The van der Waals surface area contributed by atoms with Gasteiger partial charge in [0.05, 0.1) is 23.0 Å². The molecule has 0 radical (unpaired) electrons. The predicted octanol–water partition coefficient (Wildman–Crippen LogP) is 8.96. The van der Waals surface area contributed by atoms with Gasteiger partial charge in [-0.25, -0.2) is 0 Å². The van der Waals surface area contributed by atoms with E-state index in [0.29, 0.717) is 19.6 Å². The van der Waals surface area contributed by atoms with Crippen LogP contribution in [0.25, 0.3) is 32.3 Å². The third kappa shape index (κ3) is 5.32. The molecule has 7 rings (SSSR count). The summed E-state index contributed by atoms with van der Waals surface area (Å²) in [4.78, 5) is 25.2. The SMILES string of the molecule is CC1(C)C(=CC=CC=CC2=[N+](CCC(=O)O)c3c(c4ccccc4c4ccccc34)C2(C)C)N(CCOC=O)c2c1ccc1ccccc21. The van der Waals surface area contributed by atoms with Crippen LogP contribution in [0.15, 0.2) is 121 Å². The van der Waals surface area contributed by atoms with Gasteiger partial charge in [-0.15, -0.1) is 0 Å². The lowest BCUT2D eigenvalue weighted by Gasteiger charge is -2.26. The molecule has 5 aromatic carbocycles. The first-order valence-corrected chi connectivity index (χ1v) is 16.9.